The van der Waals surface area contributed by atoms with Crippen LogP contribution in [-0.2, 0) is 6.54 Å². The third kappa shape index (κ3) is 21.8. The van der Waals surface area contributed by atoms with Gasteiger partial charge in [0.1, 0.15) is 5.82 Å². The number of hydrogen-bond donors (Lipinski definition) is 1. The summed E-state index contributed by atoms with van der Waals surface area (Å²) in [6.45, 7) is 20.6. The average molecular weight is 605 g/mol. The molecule has 0 fully saturated rings. The molecule has 0 saturated carbocycles. The molecule has 0 bridgehead atoms. The molecule has 0 aliphatic heterocycles. The number of nitrogens with zero attached hydrogens (tertiary/aromatic N) is 5. The van der Waals surface area contributed by atoms with Crippen LogP contribution in [0, 0.1) is 0 Å². The minimum absolute atomic E-state index is 0.236. The quantitative estimate of drug-likeness (QED) is 0.0871. The third-order valence-corrected chi connectivity index (χ3v) is 8.80. The van der Waals surface area contributed by atoms with Crippen LogP contribution in [0.3, 0.4) is 0 Å². The number of aromatic nitrogens is 2. The van der Waals surface area contributed by atoms with Gasteiger partial charge in [-0.25, -0.2) is 4.79 Å². The van der Waals surface area contributed by atoms with Gasteiger partial charge in [-0.2, -0.15) is 4.98 Å². The van der Waals surface area contributed by atoms with Crippen molar-refractivity contribution in [3.05, 3.63) is 22.7 Å². The predicted octanol–water partition coefficient (Wildman–Crippen LogP) is 7.83. The SMILES string of the molecule is CCCCCCN(CCCCCC)CCN(CCCCn1ccc(N)nc1=O)CCN(CCCCCC)CCCCCC. The lowest BCUT2D eigenvalue weighted by Gasteiger charge is -2.30. The number of nitrogens with two attached hydrogens (primary N) is 1. The zero-order chi connectivity index (χ0) is 31.4. The molecule has 1 aromatic rings. The van der Waals surface area contributed by atoms with Crippen molar-refractivity contribution in [2.45, 2.75) is 150 Å². The van der Waals surface area contributed by atoms with E-state index in [-0.39, 0.29) is 5.69 Å². The van der Waals surface area contributed by atoms with E-state index in [2.05, 4.69) is 47.4 Å². The number of aryl methyl sites for hydroxylation is 1. The summed E-state index contributed by atoms with van der Waals surface area (Å²) in [5, 5.41) is 0. The summed E-state index contributed by atoms with van der Waals surface area (Å²) in [6.07, 6.45) is 25.2. The van der Waals surface area contributed by atoms with Gasteiger partial charge < -0.3 is 20.4 Å². The first-order valence-electron chi connectivity index (χ1n) is 18.5. The highest BCUT2D eigenvalue weighted by Gasteiger charge is 2.13. The van der Waals surface area contributed by atoms with Crippen LogP contribution in [0.15, 0.2) is 17.1 Å². The minimum atomic E-state index is -0.236. The van der Waals surface area contributed by atoms with E-state index in [1.54, 1.807) is 16.8 Å². The molecule has 0 aromatic carbocycles. The van der Waals surface area contributed by atoms with Gasteiger partial charge in [0, 0.05) is 38.9 Å². The molecule has 7 heteroatoms. The van der Waals surface area contributed by atoms with E-state index in [9.17, 15) is 4.79 Å². The summed E-state index contributed by atoms with van der Waals surface area (Å²) in [4.78, 5) is 24.3. The molecule has 0 unspecified atom stereocenters. The van der Waals surface area contributed by atoms with E-state index < -0.39 is 0 Å². The van der Waals surface area contributed by atoms with Gasteiger partial charge in [-0.15, -0.1) is 0 Å². The highest BCUT2D eigenvalue weighted by Crippen LogP contribution is 2.09. The summed E-state index contributed by atoms with van der Waals surface area (Å²) in [5.41, 5.74) is 5.44. The summed E-state index contributed by atoms with van der Waals surface area (Å²) >= 11 is 0. The Morgan fingerprint density at radius 2 is 0.884 bits per heavy atom. The van der Waals surface area contributed by atoms with E-state index in [1.165, 1.54) is 142 Å². The fraction of sp³-hybridized carbons (Fsp3) is 0.889. The molecular formula is C36H72N6O. The number of unbranched alkanes of at least 4 members (excludes halogenated alkanes) is 13. The second kappa shape index (κ2) is 28.1. The minimum Gasteiger partial charge on any atom is -0.383 e. The Kier molecular flexibility index (Phi) is 25.8. The Balaban J connectivity index is 2.77. The standard InChI is InChI=1S/C36H72N6O/c1-5-9-13-17-24-39(25-18-14-10-6-2)31-33-41(28-21-22-29-42-30-23-35(37)38-36(42)43)34-32-40(26-19-15-11-7-3)27-20-16-12-8-4/h23,30H,5-22,24-29,31-34H2,1-4H3,(H2,37,38,43). The fourth-order valence-corrected chi connectivity index (χ4v) is 5.85. The van der Waals surface area contributed by atoms with E-state index in [1.807, 2.05) is 0 Å². The fourth-order valence-electron chi connectivity index (χ4n) is 5.85. The van der Waals surface area contributed by atoms with Crippen LogP contribution >= 0.6 is 0 Å². The van der Waals surface area contributed by atoms with E-state index >= 15 is 0 Å². The Labute approximate surface area is 267 Å². The Hall–Kier alpha value is -1.44. The van der Waals surface area contributed by atoms with Crippen molar-refractivity contribution in [3.8, 4) is 0 Å². The van der Waals surface area contributed by atoms with Crippen molar-refractivity contribution in [1.29, 1.82) is 0 Å². The van der Waals surface area contributed by atoms with Gasteiger partial charge in [-0.3, -0.25) is 4.57 Å². The molecule has 0 spiro atoms. The molecule has 0 amide bonds. The molecule has 1 rings (SSSR count). The molecular weight excluding hydrogens is 532 g/mol. The Bertz CT molecular complexity index is 744. The van der Waals surface area contributed by atoms with Crippen LogP contribution in [0.2, 0.25) is 0 Å². The van der Waals surface area contributed by atoms with Crippen LogP contribution in [-0.4, -0.2) is 83.2 Å². The molecule has 1 aromatic heterocycles. The van der Waals surface area contributed by atoms with Crippen molar-refractivity contribution >= 4 is 5.82 Å². The summed E-state index contributed by atoms with van der Waals surface area (Å²) in [6, 6.07) is 1.72. The van der Waals surface area contributed by atoms with Gasteiger partial charge in [-0.05, 0) is 77.3 Å². The molecule has 1 heterocycles. The summed E-state index contributed by atoms with van der Waals surface area (Å²) < 4.78 is 1.70. The van der Waals surface area contributed by atoms with Crippen molar-refractivity contribution in [2.24, 2.45) is 0 Å². The van der Waals surface area contributed by atoms with Crippen LogP contribution in [0.25, 0.3) is 0 Å². The Morgan fingerprint density at radius 1 is 0.535 bits per heavy atom. The first-order valence-corrected chi connectivity index (χ1v) is 18.5. The molecule has 0 aliphatic rings. The van der Waals surface area contributed by atoms with Gasteiger partial charge in [0.15, 0.2) is 0 Å². The van der Waals surface area contributed by atoms with Gasteiger partial charge in [-0.1, -0.05) is 105 Å². The number of anilines is 1. The first kappa shape index (κ1) is 39.6. The van der Waals surface area contributed by atoms with Crippen LogP contribution < -0.4 is 11.4 Å². The van der Waals surface area contributed by atoms with Crippen LogP contribution in [0.4, 0.5) is 5.82 Å². The maximum atomic E-state index is 12.2. The summed E-state index contributed by atoms with van der Waals surface area (Å²) in [7, 11) is 0. The number of hydrogen-bond acceptors (Lipinski definition) is 6. The normalized spacial score (nSPS) is 11.9. The molecule has 0 atom stereocenters. The van der Waals surface area contributed by atoms with Crippen molar-refractivity contribution in [2.75, 3.05) is 64.6 Å². The Morgan fingerprint density at radius 3 is 1.23 bits per heavy atom. The van der Waals surface area contributed by atoms with Gasteiger partial charge >= 0.3 is 5.69 Å². The molecule has 252 valence electrons. The molecule has 0 radical (unpaired) electrons. The van der Waals surface area contributed by atoms with Crippen LogP contribution in [0.1, 0.15) is 143 Å². The van der Waals surface area contributed by atoms with Gasteiger partial charge in [0.2, 0.25) is 0 Å². The predicted molar refractivity (Wildman–Crippen MR) is 188 cm³/mol. The zero-order valence-corrected chi connectivity index (χ0v) is 29.2. The second-order valence-electron chi connectivity index (χ2n) is 12.8. The number of rotatable bonds is 31. The van der Waals surface area contributed by atoms with Crippen molar-refractivity contribution in [3.63, 3.8) is 0 Å². The van der Waals surface area contributed by atoms with Gasteiger partial charge in [0.05, 0.1) is 0 Å². The molecule has 0 aliphatic carbocycles. The topological polar surface area (TPSA) is 70.6 Å². The lowest BCUT2D eigenvalue weighted by molar-refractivity contribution is 0.167. The second-order valence-corrected chi connectivity index (χ2v) is 12.8. The molecule has 43 heavy (non-hydrogen) atoms. The highest BCUT2D eigenvalue weighted by molar-refractivity contribution is 5.23. The van der Waals surface area contributed by atoms with Crippen LogP contribution in [0.5, 0.6) is 0 Å². The maximum Gasteiger partial charge on any atom is 0.349 e. The first-order chi connectivity index (χ1) is 21.0. The maximum absolute atomic E-state index is 12.2. The summed E-state index contributed by atoms with van der Waals surface area (Å²) in [5.74, 6) is 0.301. The van der Waals surface area contributed by atoms with E-state index in [4.69, 9.17) is 5.73 Å². The lowest BCUT2D eigenvalue weighted by atomic mass is 10.1. The molecule has 0 saturated heterocycles. The largest absolute Gasteiger partial charge is 0.383 e. The average Bonchev–Trinajstić information content (AvgIpc) is 3.00. The van der Waals surface area contributed by atoms with E-state index in [0.29, 0.717) is 12.4 Å². The van der Waals surface area contributed by atoms with Crippen molar-refractivity contribution < 1.29 is 0 Å². The number of nitrogen functional groups attached to an aromatic ring is 1. The zero-order valence-electron chi connectivity index (χ0n) is 29.2. The van der Waals surface area contributed by atoms with E-state index in [0.717, 1.165) is 32.5 Å². The monoisotopic (exact) mass is 605 g/mol. The highest BCUT2D eigenvalue weighted by atomic mass is 16.1. The van der Waals surface area contributed by atoms with Gasteiger partial charge in [0.25, 0.3) is 0 Å². The lowest BCUT2D eigenvalue weighted by Crippen LogP contribution is -2.41. The molecule has 2 N–H and O–H groups in total. The smallest absolute Gasteiger partial charge is 0.349 e. The van der Waals surface area contributed by atoms with Crippen molar-refractivity contribution in [1.82, 2.24) is 24.3 Å². The molecule has 7 nitrogen and oxygen atoms in total. The third-order valence-electron chi connectivity index (χ3n) is 8.80.